The Morgan fingerprint density at radius 1 is 1.24 bits per heavy atom. The minimum Gasteiger partial charge on any atom is -0.493 e. The molecule has 0 amide bonds. The molecule has 0 saturated carbocycles. The van der Waals surface area contributed by atoms with Gasteiger partial charge < -0.3 is 19.9 Å². The molecule has 1 atom stereocenters. The summed E-state index contributed by atoms with van der Waals surface area (Å²) in [5.41, 5.74) is 4.83. The second kappa shape index (κ2) is 11.9. The summed E-state index contributed by atoms with van der Waals surface area (Å²) in [5, 5.41) is 11.4. The van der Waals surface area contributed by atoms with Crippen LogP contribution in [0, 0.1) is 5.41 Å². The quantitative estimate of drug-likeness (QED) is 0.192. The number of rotatable bonds is 10. The zero-order valence-corrected chi connectivity index (χ0v) is 19.2. The van der Waals surface area contributed by atoms with Crippen molar-refractivity contribution in [1.82, 2.24) is 15.0 Å². The molecule has 11 heteroatoms. The fraction of sp³-hybridized carbons (Fsp3) is 0.500. The third-order valence-corrected chi connectivity index (χ3v) is 5.26. The van der Waals surface area contributed by atoms with Crippen molar-refractivity contribution in [2.45, 2.75) is 57.7 Å². The lowest BCUT2D eigenvalue weighted by Gasteiger charge is -2.21. The van der Waals surface area contributed by atoms with Crippen LogP contribution in [0.4, 0.5) is 13.2 Å². The molecule has 0 radical (unpaired) electrons. The van der Waals surface area contributed by atoms with E-state index in [0.29, 0.717) is 13.0 Å². The molecule has 0 bridgehead atoms. The van der Waals surface area contributed by atoms with Crippen LogP contribution in [-0.2, 0) is 6.18 Å². The first-order valence-corrected chi connectivity index (χ1v) is 10.8. The number of nitrogens with zero attached hydrogens (tertiary/aromatic N) is 3. The van der Waals surface area contributed by atoms with Gasteiger partial charge in [0.1, 0.15) is 11.8 Å². The molecular formula is C22H29ClF3N5O2. The molecular weight excluding hydrogens is 459 g/mol. The van der Waals surface area contributed by atoms with Gasteiger partial charge in [0.2, 0.25) is 5.82 Å². The standard InChI is InChI=1S/C22H28F3N5O2.ClH/c1-2-3-4-5-6-7-13-31-18-11-10-15(14-16(18)22(23,24)25)19-28-20(32-29-19)17-9-8-12-30(17)21(26)27;/h8-11,14,17H,2-7,12-13H2,1H3,(H3,26,27);1H/t17-;/m0./s1. The number of ether oxygens (including phenoxy) is 1. The van der Waals surface area contributed by atoms with E-state index in [1.54, 1.807) is 12.2 Å². The molecule has 1 aliphatic heterocycles. The summed E-state index contributed by atoms with van der Waals surface area (Å²) in [6.07, 6.45) is 5.10. The van der Waals surface area contributed by atoms with Crippen molar-refractivity contribution in [2.75, 3.05) is 13.2 Å². The Kier molecular flexibility index (Phi) is 9.57. The number of nitrogens with one attached hydrogen (secondary N) is 1. The van der Waals surface area contributed by atoms with E-state index >= 15 is 0 Å². The lowest BCUT2D eigenvalue weighted by atomic mass is 10.1. The summed E-state index contributed by atoms with van der Waals surface area (Å²) >= 11 is 0. The van der Waals surface area contributed by atoms with Crippen LogP contribution in [0.5, 0.6) is 5.75 Å². The van der Waals surface area contributed by atoms with Crippen LogP contribution in [0.15, 0.2) is 34.9 Å². The van der Waals surface area contributed by atoms with E-state index in [1.807, 2.05) is 0 Å². The van der Waals surface area contributed by atoms with E-state index in [1.165, 1.54) is 23.5 Å². The number of halogens is 4. The van der Waals surface area contributed by atoms with Crippen LogP contribution in [0.3, 0.4) is 0 Å². The summed E-state index contributed by atoms with van der Waals surface area (Å²) in [7, 11) is 0. The number of hydrogen-bond acceptors (Lipinski definition) is 5. The van der Waals surface area contributed by atoms with Gasteiger partial charge in [0.05, 0.1) is 12.2 Å². The first-order valence-electron chi connectivity index (χ1n) is 10.8. The zero-order valence-electron chi connectivity index (χ0n) is 18.4. The minimum absolute atomic E-state index is 0. The van der Waals surface area contributed by atoms with Gasteiger partial charge in [-0.1, -0.05) is 56.3 Å². The Morgan fingerprint density at radius 2 is 1.97 bits per heavy atom. The molecule has 7 nitrogen and oxygen atoms in total. The number of nitrogens with two attached hydrogens (primary N) is 1. The third-order valence-electron chi connectivity index (χ3n) is 5.26. The van der Waals surface area contributed by atoms with E-state index < -0.39 is 17.8 Å². The van der Waals surface area contributed by atoms with E-state index in [4.69, 9.17) is 20.4 Å². The van der Waals surface area contributed by atoms with E-state index in [2.05, 4.69) is 17.1 Å². The fourth-order valence-corrected chi connectivity index (χ4v) is 3.54. The molecule has 1 aromatic carbocycles. The normalized spacial score (nSPS) is 15.5. The average Bonchev–Trinajstić information content (AvgIpc) is 3.42. The highest BCUT2D eigenvalue weighted by Crippen LogP contribution is 2.39. The van der Waals surface area contributed by atoms with Gasteiger partial charge in [0.25, 0.3) is 5.89 Å². The van der Waals surface area contributed by atoms with Crippen molar-refractivity contribution < 1.29 is 22.4 Å². The van der Waals surface area contributed by atoms with E-state index in [0.717, 1.165) is 31.7 Å². The van der Waals surface area contributed by atoms with Gasteiger partial charge in [-0.3, -0.25) is 5.41 Å². The number of aromatic nitrogens is 2. The fourth-order valence-electron chi connectivity index (χ4n) is 3.54. The van der Waals surface area contributed by atoms with Gasteiger partial charge in [-0.2, -0.15) is 18.2 Å². The topological polar surface area (TPSA) is 101 Å². The Morgan fingerprint density at radius 3 is 2.67 bits per heavy atom. The van der Waals surface area contributed by atoms with Crippen molar-refractivity contribution in [2.24, 2.45) is 5.73 Å². The number of benzene rings is 1. The summed E-state index contributed by atoms with van der Waals surface area (Å²) in [6, 6.07) is 3.23. The van der Waals surface area contributed by atoms with Gasteiger partial charge in [0, 0.05) is 12.1 Å². The van der Waals surface area contributed by atoms with Crippen LogP contribution in [-0.4, -0.2) is 34.2 Å². The minimum atomic E-state index is -4.58. The van der Waals surface area contributed by atoms with Gasteiger partial charge in [-0.25, -0.2) is 0 Å². The van der Waals surface area contributed by atoms with Crippen molar-refractivity contribution in [1.29, 1.82) is 5.41 Å². The molecule has 33 heavy (non-hydrogen) atoms. The van der Waals surface area contributed by atoms with E-state index in [9.17, 15) is 13.2 Å². The van der Waals surface area contributed by atoms with Crippen LogP contribution in [0.2, 0.25) is 0 Å². The second-order valence-electron chi connectivity index (χ2n) is 7.69. The van der Waals surface area contributed by atoms with Gasteiger partial charge in [-0.15, -0.1) is 12.4 Å². The van der Waals surface area contributed by atoms with Crippen molar-refractivity contribution in [3.05, 3.63) is 41.8 Å². The van der Waals surface area contributed by atoms with Gasteiger partial charge >= 0.3 is 6.18 Å². The van der Waals surface area contributed by atoms with Gasteiger partial charge in [0.15, 0.2) is 5.96 Å². The maximum Gasteiger partial charge on any atom is 0.419 e. The molecule has 0 spiro atoms. The van der Waals surface area contributed by atoms with Crippen molar-refractivity contribution in [3.63, 3.8) is 0 Å². The van der Waals surface area contributed by atoms with E-state index in [-0.39, 0.29) is 48.0 Å². The SMILES string of the molecule is CCCCCCCCOc1ccc(-c2noc([C@@H]3C=CCN3C(=N)N)n2)cc1C(F)(F)F.Cl. The summed E-state index contributed by atoms with van der Waals surface area (Å²) in [6.45, 7) is 2.78. The Labute approximate surface area is 197 Å². The molecule has 2 aromatic rings. The molecule has 182 valence electrons. The third kappa shape index (κ3) is 6.86. The molecule has 0 unspecified atom stereocenters. The molecule has 0 saturated heterocycles. The van der Waals surface area contributed by atoms with Gasteiger partial charge in [-0.05, 0) is 24.6 Å². The summed E-state index contributed by atoms with van der Waals surface area (Å²) in [5.74, 6) is -0.191. The maximum absolute atomic E-state index is 13.7. The predicted octanol–water partition coefficient (Wildman–Crippen LogP) is 5.72. The monoisotopic (exact) mass is 487 g/mol. The molecule has 2 heterocycles. The average molecular weight is 488 g/mol. The van der Waals surface area contributed by atoms with Crippen LogP contribution in [0.25, 0.3) is 11.4 Å². The molecule has 0 aliphatic carbocycles. The second-order valence-corrected chi connectivity index (χ2v) is 7.69. The molecule has 1 aromatic heterocycles. The number of unbranched alkanes of at least 4 members (excludes halogenated alkanes) is 5. The van der Waals surface area contributed by atoms with Crippen molar-refractivity contribution in [3.8, 4) is 17.1 Å². The highest BCUT2D eigenvalue weighted by molar-refractivity contribution is 5.85. The smallest absolute Gasteiger partial charge is 0.419 e. The first-order chi connectivity index (χ1) is 15.3. The number of hydrogen-bond donors (Lipinski definition) is 2. The Hall–Kier alpha value is -2.75. The Balaban J connectivity index is 0.00000385. The number of guanidine groups is 1. The van der Waals surface area contributed by atoms with Crippen LogP contribution >= 0.6 is 12.4 Å². The largest absolute Gasteiger partial charge is 0.493 e. The van der Waals surface area contributed by atoms with Crippen LogP contribution in [0.1, 0.15) is 62.9 Å². The highest BCUT2D eigenvalue weighted by atomic mass is 35.5. The molecule has 0 fully saturated rings. The highest BCUT2D eigenvalue weighted by Gasteiger charge is 2.35. The lowest BCUT2D eigenvalue weighted by molar-refractivity contribution is -0.138. The summed E-state index contributed by atoms with van der Waals surface area (Å²) < 4.78 is 51.6. The maximum atomic E-state index is 13.7. The Bertz CT molecular complexity index is 948. The van der Waals surface area contributed by atoms with Crippen molar-refractivity contribution >= 4 is 18.4 Å². The molecule has 1 aliphatic rings. The molecule has 3 rings (SSSR count). The lowest BCUT2D eigenvalue weighted by Crippen LogP contribution is -2.36. The molecule has 3 N–H and O–H groups in total. The number of alkyl halides is 3. The predicted molar refractivity (Wildman–Crippen MR) is 121 cm³/mol. The zero-order chi connectivity index (χ0) is 23.1. The van der Waals surface area contributed by atoms with Crippen LogP contribution < -0.4 is 10.5 Å². The summed E-state index contributed by atoms with van der Waals surface area (Å²) in [4.78, 5) is 5.75. The first kappa shape index (κ1) is 26.5.